The summed E-state index contributed by atoms with van der Waals surface area (Å²) in [5.41, 5.74) is 0. The highest BCUT2D eigenvalue weighted by Crippen LogP contribution is 2.08. The maximum absolute atomic E-state index is 9.63. The number of ether oxygens (including phenoxy) is 2. The second-order valence-corrected chi connectivity index (χ2v) is 3.55. The van der Waals surface area contributed by atoms with Crippen LogP contribution < -0.4 is 4.74 Å². The Morgan fingerprint density at radius 3 is 2.33 bits per heavy atom. The van der Waals surface area contributed by atoms with Gasteiger partial charge in [-0.3, -0.25) is 0 Å². The van der Waals surface area contributed by atoms with Gasteiger partial charge in [0.05, 0.1) is 6.61 Å². The van der Waals surface area contributed by atoms with E-state index in [1.54, 1.807) is 6.92 Å². The Morgan fingerprint density at radius 2 is 1.89 bits per heavy atom. The molecule has 1 aromatic rings. The summed E-state index contributed by atoms with van der Waals surface area (Å²) in [5.74, 6) is 0.0581. The van der Waals surface area contributed by atoms with E-state index >= 15 is 0 Å². The fourth-order valence-corrected chi connectivity index (χ4v) is 1.04. The van der Waals surface area contributed by atoms with Crippen molar-refractivity contribution < 1.29 is 19.4 Å². The van der Waals surface area contributed by atoms with Crippen molar-refractivity contribution in [2.45, 2.75) is 26.7 Å². The van der Waals surface area contributed by atoms with E-state index in [4.69, 9.17) is 9.84 Å². The predicted octanol–water partition coefficient (Wildman–Crippen LogP) is 2.97. The van der Waals surface area contributed by atoms with Crippen LogP contribution in [-0.4, -0.2) is 30.9 Å². The molecule has 0 amide bonds. The van der Waals surface area contributed by atoms with Gasteiger partial charge in [-0.15, -0.1) is 0 Å². The Balaban J connectivity index is 0.000000360. The minimum Gasteiger partial charge on any atom is -0.494 e. The van der Waals surface area contributed by atoms with Crippen LogP contribution in [0.3, 0.4) is 0 Å². The molecule has 0 atom stereocenters. The largest absolute Gasteiger partial charge is 0.494 e. The van der Waals surface area contributed by atoms with Gasteiger partial charge in [-0.1, -0.05) is 31.5 Å². The Bertz CT molecular complexity index is 298. The first-order chi connectivity index (χ1) is 8.70. The number of hydrogen-bond acceptors (Lipinski definition) is 3. The molecule has 0 aromatic heterocycles. The van der Waals surface area contributed by atoms with E-state index in [9.17, 15) is 4.79 Å². The molecule has 1 aromatic carbocycles. The molecule has 0 heterocycles. The van der Waals surface area contributed by atoms with Crippen LogP contribution in [0.15, 0.2) is 30.3 Å². The Kier molecular flexibility index (Phi) is 10.9. The molecule has 0 saturated carbocycles. The van der Waals surface area contributed by atoms with Crippen molar-refractivity contribution >= 4 is 5.97 Å². The highest BCUT2D eigenvalue weighted by Gasteiger charge is 1.90. The van der Waals surface area contributed by atoms with Crippen LogP contribution >= 0.6 is 0 Å². The third kappa shape index (κ3) is 11.0. The van der Waals surface area contributed by atoms with Gasteiger partial charge in [-0.25, -0.2) is 4.79 Å². The number of carboxylic acids is 1. The number of para-hydroxylation sites is 1. The molecular weight excluding hydrogens is 232 g/mol. The van der Waals surface area contributed by atoms with Gasteiger partial charge in [0.1, 0.15) is 12.4 Å². The molecule has 0 bridgehead atoms. The topological polar surface area (TPSA) is 55.8 Å². The Hall–Kier alpha value is -1.55. The Morgan fingerprint density at radius 1 is 1.22 bits per heavy atom. The standard InChI is InChI=1S/C10H14O.C4H8O3/c1-2-3-9-11-10-7-5-4-6-8-10;1-2-7-3-4(5)6/h4-8H,2-3,9H2,1H3;2-3H2,1H3,(H,5,6). The summed E-state index contributed by atoms with van der Waals surface area (Å²) >= 11 is 0. The van der Waals surface area contributed by atoms with Crippen LogP contribution in [0.25, 0.3) is 0 Å². The van der Waals surface area contributed by atoms with Crippen molar-refractivity contribution in [1.29, 1.82) is 0 Å². The van der Waals surface area contributed by atoms with Crippen molar-refractivity contribution in [2.75, 3.05) is 19.8 Å². The highest BCUT2D eigenvalue weighted by atomic mass is 16.5. The summed E-state index contributed by atoms with van der Waals surface area (Å²) in [6.45, 7) is 5.03. The lowest BCUT2D eigenvalue weighted by Gasteiger charge is -2.03. The van der Waals surface area contributed by atoms with Gasteiger partial charge in [0.15, 0.2) is 0 Å². The van der Waals surface area contributed by atoms with Gasteiger partial charge >= 0.3 is 5.97 Å². The normalized spacial score (nSPS) is 9.22. The lowest BCUT2D eigenvalue weighted by Crippen LogP contribution is -2.05. The summed E-state index contributed by atoms with van der Waals surface area (Å²) in [6, 6.07) is 9.93. The first-order valence-corrected chi connectivity index (χ1v) is 6.18. The fraction of sp³-hybridized carbons (Fsp3) is 0.500. The molecule has 102 valence electrons. The summed E-state index contributed by atoms with van der Waals surface area (Å²) in [5, 5.41) is 7.92. The second-order valence-electron chi connectivity index (χ2n) is 3.55. The molecule has 0 radical (unpaired) electrons. The van der Waals surface area contributed by atoms with Crippen LogP contribution in [0.2, 0.25) is 0 Å². The number of rotatable bonds is 7. The molecule has 0 fully saturated rings. The van der Waals surface area contributed by atoms with Gasteiger partial charge in [0, 0.05) is 6.61 Å². The number of hydrogen-bond donors (Lipinski definition) is 1. The highest BCUT2D eigenvalue weighted by molar-refractivity contribution is 5.67. The van der Waals surface area contributed by atoms with E-state index in [1.165, 1.54) is 6.42 Å². The van der Waals surface area contributed by atoms with E-state index in [0.717, 1.165) is 18.8 Å². The molecule has 0 saturated heterocycles. The van der Waals surface area contributed by atoms with Gasteiger partial charge in [-0.05, 0) is 25.5 Å². The molecule has 1 rings (SSSR count). The quantitative estimate of drug-likeness (QED) is 0.760. The van der Waals surface area contributed by atoms with Crippen molar-refractivity contribution in [1.82, 2.24) is 0 Å². The van der Waals surface area contributed by atoms with Crippen LogP contribution in [0, 0.1) is 0 Å². The number of unbranched alkanes of at least 4 members (excludes halogenated alkanes) is 1. The summed E-state index contributed by atoms with van der Waals surface area (Å²) in [7, 11) is 0. The molecule has 18 heavy (non-hydrogen) atoms. The average molecular weight is 254 g/mol. The first-order valence-electron chi connectivity index (χ1n) is 6.18. The monoisotopic (exact) mass is 254 g/mol. The summed E-state index contributed by atoms with van der Waals surface area (Å²) in [4.78, 5) is 9.63. The minimum atomic E-state index is -0.915. The third-order valence-electron chi connectivity index (χ3n) is 1.94. The first kappa shape index (κ1) is 16.4. The van der Waals surface area contributed by atoms with E-state index in [0.29, 0.717) is 6.61 Å². The average Bonchev–Trinajstić information content (AvgIpc) is 2.39. The van der Waals surface area contributed by atoms with Gasteiger partial charge < -0.3 is 14.6 Å². The predicted molar refractivity (Wildman–Crippen MR) is 71.0 cm³/mol. The fourth-order valence-electron chi connectivity index (χ4n) is 1.04. The zero-order chi connectivity index (χ0) is 13.6. The van der Waals surface area contributed by atoms with Crippen LogP contribution in [0.5, 0.6) is 5.75 Å². The van der Waals surface area contributed by atoms with Gasteiger partial charge in [0.2, 0.25) is 0 Å². The van der Waals surface area contributed by atoms with Gasteiger partial charge in [-0.2, -0.15) is 0 Å². The second kappa shape index (κ2) is 11.9. The maximum atomic E-state index is 9.63. The molecule has 0 aliphatic rings. The zero-order valence-electron chi connectivity index (χ0n) is 11.1. The molecule has 1 N–H and O–H groups in total. The number of benzene rings is 1. The number of carboxylic acid groups (broad SMARTS) is 1. The smallest absolute Gasteiger partial charge is 0.329 e. The zero-order valence-corrected chi connectivity index (χ0v) is 11.1. The van der Waals surface area contributed by atoms with Crippen LogP contribution in [-0.2, 0) is 9.53 Å². The van der Waals surface area contributed by atoms with Gasteiger partial charge in [0.25, 0.3) is 0 Å². The van der Waals surface area contributed by atoms with Crippen molar-refractivity contribution in [3.05, 3.63) is 30.3 Å². The minimum absolute atomic E-state index is 0.184. The SMILES string of the molecule is CCCCOc1ccccc1.CCOCC(=O)O. The Labute approximate surface area is 109 Å². The van der Waals surface area contributed by atoms with Crippen molar-refractivity contribution in [2.24, 2.45) is 0 Å². The van der Waals surface area contributed by atoms with Crippen LogP contribution in [0.4, 0.5) is 0 Å². The molecule has 4 nitrogen and oxygen atoms in total. The van der Waals surface area contributed by atoms with E-state index in [-0.39, 0.29) is 6.61 Å². The molecule has 0 aliphatic heterocycles. The molecule has 0 unspecified atom stereocenters. The lowest BCUT2D eigenvalue weighted by atomic mass is 10.3. The molecular formula is C14H22O4. The van der Waals surface area contributed by atoms with Crippen molar-refractivity contribution in [3.8, 4) is 5.75 Å². The van der Waals surface area contributed by atoms with E-state index in [2.05, 4.69) is 11.7 Å². The molecule has 4 heteroatoms. The summed E-state index contributed by atoms with van der Waals surface area (Å²) in [6.07, 6.45) is 2.32. The van der Waals surface area contributed by atoms with Crippen molar-refractivity contribution in [3.63, 3.8) is 0 Å². The van der Waals surface area contributed by atoms with Crippen LogP contribution in [0.1, 0.15) is 26.7 Å². The number of aliphatic carboxylic acids is 1. The summed E-state index contributed by atoms with van der Waals surface area (Å²) < 4.78 is 9.94. The lowest BCUT2D eigenvalue weighted by molar-refractivity contribution is -0.142. The molecule has 0 spiro atoms. The number of carbonyl (C=O) groups is 1. The van der Waals surface area contributed by atoms with E-state index in [1.807, 2.05) is 30.3 Å². The maximum Gasteiger partial charge on any atom is 0.329 e. The third-order valence-corrected chi connectivity index (χ3v) is 1.94. The molecule has 0 aliphatic carbocycles. The van der Waals surface area contributed by atoms with E-state index < -0.39 is 5.97 Å².